The maximum Gasteiger partial charge on any atom is 0.246 e. The van der Waals surface area contributed by atoms with E-state index in [0.29, 0.717) is 6.54 Å². The number of carbonyl (C=O) groups is 1. The second-order valence-corrected chi connectivity index (χ2v) is 4.81. The highest BCUT2D eigenvalue weighted by Crippen LogP contribution is 2.18. The zero-order valence-electron chi connectivity index (χ0n) is 11.3. The Morgan fingerprint density at radius 1 is 1.39 bits per heavy atom. The van der Waals surface area contributed by atoms with Crippen LogP contribution in [-0.2, 0) is 15.1 Å². The predicted molar refractivity (Wildman–Crippen MR) is 72.1 cm³/mol. The lowest BCUT2D eigenvalue weighted by molar-refractivity contribution is -0.128. The van der Waals surface area contributed by atoms with E-state index in [9.17, 15) is 4.79 Å². The quantitative estimate of drug-likeness (QED) is 0.802. The number of nitrogens with one attached hydrogen (secondary N) is 1. The molecule has 18 heavy (non-hydrogen) atoms. The summed E-state index contributed by atoms with van der Waals surface area (Å²) in [6.07, 6.45) is 0.0385. The fourth-order valence-electron chi connectivity index (χ4n) is 1.63. The molecule has 0 aliphatic heterocycles. The van der Waals surface area contributed by atoms with Crippen LogP contribution in [0.4, 0.5) is 0 Å². The molecule has 1 amide bonds. The average molecular weight is 250 g/mol. The van der Waals surface area contributed by atoms with Crippen molar-refractivity contribution >= 4 is 5.91 Å². The van der Waals surface area contributed by atoms with E-state index in [1.54, 1.807) is 0 Å². The van der Waals surface area contributed by atoms with E-state index in [1.807, 2.05) is 51.1 Å². The molecule has 1 aromatic carbocycles. The molecule has 0 fully saturated rings. The standard InChI is InChI=1S/C14H22N2O2/c1-11(2)18-9-13(17)16-14(3,10-15)12-7-5-4-6-8-12/h4-8,11H,9-10,15H2,1-3H3,(H,16,17). The lowest BCUT2D eigenvalue weighted by Gasteiger charge is -2.30. The molecule has 1 aromatic rings. The van der Waals surface area contributed by atoms with Gasteiger partial charge in [-0.15, -0.1) is 0 Å². The Bertz CT molecular complexity index is 379. The Morgan fingerprint density at radius 3 is 2.50 bits per heavy atom. The van der Waals surface area contributed by atoms with Gasteiger partial charge in [-0.2, -0.15) is 0 Å². The van der Waals surface area contributed by atoms with Crippen molar-refractivity contribution in [1.82, 2.24) is 5.32 Å². The summed E-state index contributed by atoms with van der Waals surface area (Å²) in [5, 5.41) is 2.93. The van der Waals surface area contributed by atoms with E-state index in [2.05, 4.69) is 5.32 Å². The highest BCUT2D eigenvalue weighted by atomic mass is 16.5. The van der Waals surface area contributed by atoms with E-state index in [1.165, 1.54) is 0 Å². The first-order valence-electron chi connectivity index (χ1n) is 6.16. The smallest absolute Gasteiger partial charge is 0.246 e. The number of nitrogens with two attached hydrogens (primary N) is 1. The number of benzene rings is 1. The van der Waals surface area contributed by atoms with Crippen molar-refractivity contribution in [1.29, 1.82) is 0 Å². The van der Waals surface area contributed by atoms with Crippen molar-refractivity contribution in [2.75, 3.05) is 13.2 Å². The number of hydrogen-bond donors (Lipinski definition) is 2. The molecule has 0 bridgehead atoms. The molecule has 0 heterocycles. The Labute approximate surface area is 109 Å². The van der Waals surface area contributed by atoms with Crippen molar-refractivity contribution in [2.45, 2.75) is 32.4 Å². The predicted octanol–water partition coefficient (Wildman–Crippen LogP) is 1.40. The average Bonchev–Trinajstić information content (AvgIpc) is 2.37. The minimum atomic E-state index is -0.557. The van der Waals surface area contributed by atoms with Crippen LogP contribution in [0.3, 0.4) is 0 Å². The van der Waals surface area contributed by atoms with Gasteiger partial charge >= 0.3 is 0 Å². The molecule has 0 radical (unpaired) electrons. The van der Waals surface area contributed by atoms with Crippen LogP contribution in [0.15, 0.2) is 30.3 Å². The molecule has 4 heteroatoms. The summed E-state index contributed by atoms with van der Waals surface area (Å²) in [4.78, 5) is 11.8. The Balaban J connectivity index is 2.69. The first-order chi connectivity index (χ1) is 8.48. The molecule has 1 atom stereocenters. The number of amides is 1. The normalized spacial score (nSPS) is 14.3. The largest absolute Gasteiger partial charge is 0.369 e. The minimum Gasteiger partial charge on any atom is -0.369 e. The van der Waals surface area contributed by atoms with Crippen molar-refractivity contribution in [3.05, 3.63) is 35.9 Å². The van der Waals surface area contributed by atoms with Crippen LogP contribution in [0.5, 0.6) is 0 Å². The molecule has 4 nitrogen and oxygen atoms in total. The number of hydrogen-bond acceptors (Lipinski definition) is 3. The molecule has 0 saturated heterocycles. The molecule has 1 rings (SSSR count). The van der Waals surface area contributed by atoms with Gasteiger partial charge in [0.25, 0.3) is 0 Å². The zero-order valence-corrected chi connectivity index (χ0v) is 11.3. The van der Waals surface area contributed by atoms with Crippen molar-refractivity contribution < 1.29 is 9.53 Å². The summed E-state index contributed by atoms with van der Waals surface area (Å²) >= 11 is 0. The lowest BCUT2D eigenvalue weighted by Crippen LogP contribution is -2.50. The first-order valence-corrected chi connectivity index (χ1v) is 6.16. The highest BCUT2D eigenvalue weighted by Gasteiger charge is 2.26. The van der Waals surface area contributed by atoms with Crippen molar-refractivity contribution in [3.8, 4) is 0 Å². The summed E-state index contributed by atoms with van der Waals surface area (Å²) in [6.45, 7) is 6.10. The summed E-state index contributed by atoms with van der Waals surface area (Å²) < 4.78 is 5.28. The van der Waals surface area contributed by atoms with Crippen molar-refractivity contribution in [3.63, 3.8) is 0 Å². The third-order valence-electron chi connectivity index (χ3n) is 2.78. The zero-order chi connectivity index (χ0) is 13.6. The number of ether oxygens (including phenoxy) is 1. The third-order valence-corrected chi connectivity index (χ3v) is 2.78. The SMILES string of the molecule is CC(C)OCC(=O)NC(C)(CN)c1ccccc1. The molecule has 0 aliphatic carbocycles. The molecule has 100 valence electrons. The highest BCUT2D eigenvalue weighted by molar-refractivity contribution is 5.78. The van der Waals surface area contributed by atoms with Gasteiger partial charge in [0.1, 0.15) is 6.61 Å². The lowest BCUT2D eigenvalue weighted by atomic mass is 9.92. The summed E-state index contributed by atoms with van der Waals surface area (Å²) in [6, 6.07) is 9.71. The number of rotatable bonds is 6. The summed E-state index contributed by atoms with van der Waals surface area (Å²) in [7, 11) is 0. The van der Waals surface area contributed by atoms with Crippen LogP contribution in [0.25, 0.3) is 0 Å². The van der Waals surface area contributed by atoms with Gasteiger partial charge in [0.2, 0.25) is 5.91 Å². The van der Waals surface area contributed by atoms with Gasteiger partial charge in [-0.25, -0.2) is 0 Å². The monoisotopic (exact) mass is 250 g/mol. The Kier molecular flexibility index (Phi) is 5.31. The van der Waals surface area contributed by atoms with E-state index in [0.717, 1.165) is 5.56 Å². The molecule has 3 N–H and O–H groups in total. The molecular formula is C14H22N2O2. The molecule has 0 aliphatic rings. The van der Waals surface area contributed by atoms with Crippen LogP contribution >= 0.6 is 0 Å². The molecule has 0 saturated carbocycles. The Morgan fingerprint density at radius 2 is 2.00 bits per heavy atom. The fraction of sp³-hybridized carbons (Fsp3) is 0.500. The van der Waals surface area contributed by atoms with Gasteiger partial charge in [0, 0.05) is 6.54 Å². The molecule has 0 aromatic heterocycles. The van der Waals surface area contributed by atoms with E-state index in [-0.39, 0.29) is 18.6 Å². The van der Waals surface area contributed by atoms with E-state index < -0.39 is 5.54 Å². The van der Waals surface area contributed by atoms with Gasteiger partial charge in [0.15, 0.2) is 0 Å². The maximum absolute atomic E-state index is 11.8. The van der Waals surface area contributed by atoms with Gasteiger partial charge in [-0.05, 0) is 26.3 Å². The van der Waals surface area contributed by atoms with E-state index >= 15 is 0 Å². The topological polar surface area (TPSA) is 64.3 Å². The van der Waals surface area contributed by atoms with Crippen LogP contribution in [0.2, 0.25) is 0 Å². The fourth-order valence-corrected chi connectivity index (χ4v) is 1.63. The van der Waals surface area contributed by atoms with Gasteiger partial charge in [0.05, 0.1) is 11.6 Å². The second kappa shape index (κ2) is 6.52. The number of carbonyl (C=O) groups excluding carboxylic acids is 1. The maximum atomic E-state index is 11.8. The Hall–Kier alpha value is -1.39. The third kappa shape index (κ3) is 4.13. The minimum absolute atomic E-state index is 0.0385. The first kappa shape index (κ1) is 14.7. The molecular weight excluding hydrogens is 228 g/mol. The summed E-state index contributed by atoms with van der Waals surface area (Å²) in [5.74, 6) is -0.152. The second-order valence-electron chi connectivity index (χ2n) is 4.81. The van der Waals surface area contributed by atoms with Gasteiger partial charge < -0.3 is 15.8 Å². The van der Waals surface area contributed by atoms with Crippen molar-refractivity contribution in [2.24, 2.45) is 5.73 Å². The van der Waals surface area contributed by atoms with Crippen LogP contribution < -0.4 is 11.1 Å². The van der Waals surface area contributed by atoms with Gasteiger partial charge in [-0.1, -0.05) is 30.3 Å². The van der Waals surface area contributed by atoms with Crippen LogP contribution in [-0.4, -0.2) is 25.2 Å². The van der Waals surface area contributed by atoms with Gasteiger partial charge in [-0.3, -0.25) is 4.79 Å². The van der Waals surface area contributed by atoms with E-state index in [4.69, 9.17) is 10.5 Å². The van der Waals surface area contributed by atoms with Crippen LogP contribution in [0, 0.1) is 0 Å². The summed E-state index contributed by atoms with van der Waals surface area (Å²) in [5.41, 5.74) is 6.22. The molecule has 0 spiro atoms. The van der Waals surface area contributed by atoms with Crippen LogP contribution in [0.1, 0.15) is 26.3 Å². The molecule has 1 unspecified atom stereocenters.